The fourth-order valence-corrected chi connectivity index (χ4v) is 1.94. The predicted octanol–water partition coefficient (Wildman–Crippen LogP) is 0.869. The fourth-order valence-electron chi connectivity index (χ4n) is 1.94. The van der Waals surface area contributed by atoms with E-state index in [1.54, 1.807) is 6.33 Å². The Morgan fingerprint density at radius 1 is 1.56 bits per heavy atom. The van der Waals surface area contributed by atoms with Crippen molar-refractivity contribution in [3.63, 3.8) is 0 Å². The zero-order valence-corrected chi connectivity index (χ0v) is 9.77. The van der Waals surface area contributed by atoms with Gasteiger partial charge in [-0.05, 0) is 20.3 Å². The molecule has 5 heteroatoms. The lowest BCUT2D eigenvalue weighted by molar-refractivity contribution is 0.0839. The SMILES string of the molecule is CCNc1cc(N2CCC(C)(O)C2)ncn1. The monoisotopic (exact) mass is 222 g/mol. The second kappa shape index (κ2) is 4.25. The van der Waals surface area contributed by atoms with Crippen LogP contribution < -0.4 is 10.2 Å². The fraction of sp³-hybridized carbons (Fsp3) is 0.636. The number of aromatic nitrogens is 2. The van der Waals surface area contributed by atoms with Gasteiger partial charge in [0.15, 0.2) is 0 Å². The van der Waals surface area contributed by atoms with Crippen LogP contribution in [-0.4, -0.2) is 40.3 Å². The van der Waals surface area contributed by atoms with E-state index in [9.17, 15) is 5.11 Å². The molecule has 1 atom stereocenters. The zero-order chi connectivity index (χ0) is 11.6. The molecule has 1 unspecified atom stereocenters. The number of hydrogen-bond donors (Lipinski definition) is 2. The molecule has 2 rings (SSSR count). The molecule has 0 aliphatic carbocycles. The molecule has 2 N–H and O–H groups in total. The van der Waals surface area contributed by atoms with E-state index in [4.69, 9.17) is 0 Å². The van der Waals surface area contributed by atoms with E-state index >= 15 is 0 Å². The minimum absolute atomic E-state index is 0.594. The molecule has 1 saturated heterocycles. The average molecular weight is 222 g/mol. The van der Waals surface area contributed by atoms with Crippen LogP contribution in [0.1, 0.15) is 20.3 Å². The largest absolute Gasteiger partial charge is 0.388 e. The Labute approximate surface area is 95.5 Å². The summed E-state index contributed by atoms with van der Waals surface area (Å²) in [6, 6.07) is 1.92. The number of aliphatic hydroxyl groups is 1. The molecular formula is C11H18N4O. The van der Waals surface area contributed by atoms with Crippen molar-refractivity contribution < 1.29 is 5.11 Å². The molecule has 0 radical (unpaired) electrons. The molecular weight excluding hydrogens is 204 g/mol. The lowest BCUT2D eigenvalue weighted by Gasteiger charge is -2.20. The van der Waals surface area contributed by atoms with Crippen LogP contribution in [0.15, 0.2) is 12.4 Å². The number of anilines is 2. The Kier molecular flexibility index (Phi) is 2.96. The highest BCUT2D eigenvalue weighted by atomic mass is 16.3. The van der Waals surface area contributed by atoms with Crippen molar-refractivity contribution in [1.29, 1.82) is 0 Å². The Morgan fingerprint density at radius 3 is 3.00 bits per heavy atom. The Bertz CT molecular complexity index is 367. The van der Waals surface area contributed by atoms with Crippen LogP contribution in [0.4, 0.5) is 11.6 Å². The molecule has 88 valence electrons. The highest BCUT2D eigenvalue weighted by Gasteiger charge is 2.31. The normalized spacial score (nSPS) is 24.8. The molecule has 0 bridgehead atoms. The van der Waals surface area contributed by atoms with Crippen LogP contribution in [0.2, 0.25) is 0 Å². The molecule has 1 aliphatic rings. The average Bonchev–Trinajstić information content (AvgIpc) is 2.60. The summed E-state index contributed by atoms with van der Waals surface area (Å²) in [5.74, 6) is 1.71. The number of nitrogens with one attached hydrogen (secondary N) is 1. The molecule has 1 aromatic rings. The van der Waals surface area contributed by atoms with Crippen LogP contribution in [-0.2, 0) is 0 Å². The quantitative estimate of drug-likeness (QED) is 0.794. The summed E-state index contributed by atoms with van der Waals surface area (Å²) in [6.45, 7) is 6.21. The van der Waals surface area contributed by atoms with Gasteiger partial charge in [0, 0.05) is 25.7 Å². The number of hydrogen-bond acceptors (Lipinski definition) is 5. The number of β-amino-alcohol motifs (C(OH)–C–C–N with tert-alkyl or cyclic N) is 1. The first-order valence-corrected chi connectivity index (χ1v) is 5.64. The van der Waals surface area contributed by atoms with E-state index < -0.39 is 5.60 Å². The van der Waals surface area contributed by atoms with E-state index in [0.717, 1.165) is 31.1 Å². The molecule has 1 aliphatic heterocycles. The summed E-state index contributed by atoms with van der Waals surface area (Å²) in [5.41, 5.74) is -0.594. The van der Waals surface area contributed by atoms with Crippen LogP contribution in [0.3, 0.4) is 0 Å². The Hall–Kier alpha value is -1.36. The molecule has 1 fully saturated rings. The van der Waals surface area contributed by atoms with Crippen molar-refractivity contribution in [3.05, 3.63) is 12.4 Å². The second-order valence-electron chi connectivity index (χ2n) is 4.46. The minimum atomic E-state index is -0.594. The lowest BCUT2D eigenvalue weighted by Crippen LogP contribution is -2.30. The number of rotatable bonds is 3. The van der Waals surface area contributed by atoms with Crippen LogP contribution in [0.5, 0.6) is 0 Å². The van der Waals surface area contributed by atoms with Crippen molar-refractivity contribution in [3.8, 4) is 0 Å². The summed E-state index contributed by atoms with van der Waals surface area (Å²) >= 11 is 0. The summed E-state index contributed by atoms with van der Waals surface area (Å²) in [4.78, 5) is 10.4. The van der Waals surface area contributed by atoms with Gasteiger partial charge in [0.2, 0.25) is 0 Å². The zero-order valence-electron chi connectivity index (χ0n) is 9.77. The first-order chi connectivity index (χ1) is 7.61. The van der Waals surface area contributed by atoms with E-state index in [0.29, 0.717) is 6.54 Å². The van der Waals surface area contributed by atoms with Crippen LogP contribution >= 0.6 is 0 Å². The minimum Gasteiger partial charge on any atom is -0.388 e. The summed E-state index contributed by atoms with van der Waals surface area (Å²) in [7, 11) is 0. The van der Waals surface area contributed by atoms with Gasteiger partial charge in [-0.3, -0.25) is 0 Å². The predicted molar refractivity (Wildman–Crippen MR) is 63.6 cm³/mol. The molecule has 0 saturated carbocycles. The summed E-state index contributed by atoms with van der Waals surface area (Å²) < 4.78 is 0. The Morgan fingerprint density at radius 2 is 2.38 bits per heavy atom. The first kappa shape index (κ1) is 11.1. The summed E-state index contributed by atoms with van der Waals surface area (Å²) in [5, 5.41) is 13.0. The maximum atomic E-state index is 9.90. The van der Waals surface area contributed by atoms with Crippen LogP contribution in [0, 0.1) is 0 Å². The van der Waals surface area contributed by atoms with Gasteiger partial charge in [-0.15, -0.1) is 0 Å². The topological polar surface area (TPSA) is 61.3 Å². The summed E-state index contributed by atoms with van der Waals surface area (Å²) in [6.07, 6.45) is 2.34. The molecule has 0 amide bonds. The maximum absolute atomic E-state index is 9.90. The van der Waals surface area contributed by atoms with Crippen molar-refractivity contribution >= 4 is 11.6 Å². The van der Waals surface area contributed by atoms with Gasteiger partial charge < -0.3 is 15.3 Å². The van der Waals surface area contributed by atoms with Crippen molar-refractivity contribution in [2.24, 2.45) is 0 Å². The smallest absolute Gasteiger partial charge is 0.134 e. The van der Waals surface area contributed by atoms with Gasteiger partial charge in [-0.2, -0.15) is 0 Å². The molecule has 2 heterocycles. The lowest BCUT2D eigenvalue weighted by atomic mass is 10.1. The highest BCUT2D eigenvalue weighted by molar-refractivity contribution is 5.49. The van der Waals surface area contributed by atoms with Crippen LogP contribution in [0.25, 0.3) is 0 Å². The molecule has 0 spiro atoms. The second-order valence-corrected chi connectivity index (χ2v) is 4.46. The molecule has 0 aromatic carbocycles. The Balaban J connectivity index is 2.12. The third-order valence-electron chi connectivity index (χ3n) is 2.79. The molecule has 5 nitrogen and oxygen atoms in total. The van der Waals surface area contributed by atoms with Gasteiger partial charge >= 0.3 is 0 Å². The third-order valence-corrected chi connectivity index (χ3v) is 2.79. The van der Waals surface area contributed by atoms with Gasteiger partial charge in [-0.25, -0.2) is 9.97 Å². The van der Waals surface area contributed by atoms with Gasteiger partial charge in [0.1, 0.15) is 18.0 Å². The van der Waals surface area contributed by atoms with E-state index in [1.165, 1.54) is 0 Å². The van der Waals surface area contributed by atoms with Crippen molar-refractivity contribution in [2.45, 2.75) is 25.9 Å². The van der Waals surface area contributed by atoms with Crippen molar-refractivity contribution in [2.75, 3.05) is 29.9 Å². The van der Waals surface area contributed by atoms with E-state index in [-0.39, 0.29) is 0 Å². The van der Waals surface area contributed by atoms with E-state index in [2.05, 4.69) is 20.2 Å². The molecule has 16 heavy (non-hydrogen) atoms. The highest BCUT2D eigenvalue weighted by Crippen LogP contribution is 2.25. The van der Waals surface area contributed by atoms with Gasteiger partial charge in [-0.1, -0.05) is 0 Å². The third kappa shape index (κ3) is 2.41. The van der Waals surface area contributed by atoms with E-state index in [1.807, 2.05) is 19.9 Å². The van der Waals surface area contributed by atoms with Gasteiger partial charge in [0.05, 0.1) is 5.60 Å². The van der Waals surface area contributed by atoms with Gasteiger partial charge in [0.25, 0.3) is 0 Å². The molecule has 1 aromatic heterocycles. The number of nitrogens with zero attached hydrogens (tertiary/aromatic N) is 3. The standard InChI is InChI=1S/C11H18N4O/c1-3-12-9-6-10(14-8-13-9)15-5-4-11(2,16)7-15/h6,8,16H,3-5,7H2,1-2H3,(H,12,13,14). The van der Waals surface area contributed by atoms with Crippen molar-refractivity contribution in [1.82, 2.24) is 9.97 Å². The first-order valence-electron chi connectivity index (χ1n) is 5.64. The maximum Gasteiger partial charge on any atom is 0.134 e.